The van der Waals surface area contributed by atoms with Crippen molar-refractivity contribution in [3.05, 3.63) is 58.7 Å². The van der Waals surface area contributed by atoms with Gasteiger partial charge in [-0.05, 0) is 54.7 Å². The second-order valence-corrected chi connectivity index (χ2v) is 6.29. The number of aromatic carboxylic acids is 1. The molecule has 0 aliphatic heterocycles. The van der Waals surface area contributed by atoms with Crippen molar-refractivity contribution in [2.75, 3.05) is 11.9 Å². The number of rotatable bonds is 8. The predicted octanol–water partition coefficient (Wildman–Crippen LogP) is 1.66. The molecule has 0 bridgehead atoms. The van der Waals surface area contributed by atoms with Crippen molar-refractivity contribution in [2.45, 2.75) is 33.6 Å². The van der Waals surface area contributed by atoms with Gasteiger partial charge in [-0.3, -0.25) is 9.59 Å². The summed E-state index contributed by atoms with van der Waals surface area (Å²) in [6, 6.07) is 10.0. The van der Waals surface area contributed by atoms with Crippen molar-refractivity contribution < 1.29 is 24.2 Å². The molecule has 30 heavy (non-hydrogen) atoms. The second-order valence-electron chi connectivity index (χ2n) is 6.29. The molecule has 2 N–H and O–H groups in total. The number of aryl methyl sites for hydroxylation is 2. The van der Waals surface area contributed by atoms with Crippen LogP contribution in [0, 0.1) is 0 Å². The third-order valence-electron chi connectivity index (χ3n) is 4.35. The molecule has 2 rings (SSSR count). The SMILES string of the molecule is CCOc1ccc(/C=N\NC(=O)C(=O)Nc2c(CC)cccc2CC)cc1C(=O)[O-]. The molecule has 0 aliphatic rings. The van der Waals surface area contributed by atoms with E-state index in [0.29, 0.717) is 30.7 Å². The number of nitrogens with one attached hydrogen (secondary N) is 2. The van der Waals surface area contributed by atoms with Gasteiger partial charge in [-0.2, -0.15) is 5.10 Å². The molecule has 0 saturated heterocycles. The molecule has 0 aliphatic carbocycles. The van der Waals surface area contributed by atoms with E-state index in [0.717, 1.165) is 11.1 Å². The van der Waals surface area contributed by atoms with E-state index in [4.69, 9.17) is 4.74 Å². The average molecular weight is 410 g/mol. The maximum atomic E-state index is 12.3. The average Bonchev–Trinajstić information content (AvgIpc) is 2.74. The highest BCUT2D eigenvalue weighted by molar-refractivity contribution is 6.39. The van der Waals surface area contributed by atoms with Gasteiger partial charge in [-0.25, -0.2) is 5.43 Å². The maximum absolute atomic E-state index is 12.3. The van der Waals surface area contributed by atoms with Gasteiger partial charge in [0.2, 0.25) is 0 Å². The van der Waals surface area contributed by atoms with E-state index in [-0.39, 0.29) is 11.3 Å². The van der Waals surface area contributed by atoms with Gasteiger partial charge in [-0.15, -0.1) is 0 Å². The van der Waals surface area contributed by atoms with Crippen LogP contribution in [-0.4, -0.2) is 30.6 Å². The number of hydrogen-bond donors (Lipinski definition) is 2. The minimum Gasteiger partial charge on any atom is -0.545 e. The third kappa shape index (κ3) is 5.66. The molecule has 0 saturated carbocycles. The van der Waals surface area contributed by atoms with Crippen molar-refractivity contribution in [1.82, 2.24) is 5.43 Å². The largest absolute Gasteiger partial charge is 0.545 e. The van der Waals surface area contributed by atoms with E-state index in [1.807, 2.05) is 32.0 Å². The quantitative estimate of drug-likeness (QED) is 0.390. The zero-order valence-electron chi connectivity index (χ0n) is 17.2. The lowest BCUT2D eigenvalue weighted by Gasteiger charge is -2.13. The molecule has 0 aromatic heterocycles. The minimum atomic E-state index is -1.39. The molecule has 2 amide bonds. The molecule has 0 spiro atoms. The Morgan fingerprint density at radius 3 is 2.27 bits per heavy atom. The first-order valence-corrected chi connectivity index (χ1v) is 9.64. The van der Waals surface area contributed by atoms with Crippen LogP contribution in [-0.2, 0) is 22.4 Å². The molecule has 2 aromatic rings. The molecular weight excluding hydrogens is 386 g/mol. The Hall–Kier alpha value is -3.68. The second kappa shape index (κ2) is 10.8. The van der Waals surface area contributed by atoms with Crippen LogP contribution in [0.5, 0.6) is 5.75 Å². The van der Waals surface area contributed by atoms with Gasteiger partial charge in [-0.1, -0.05) is 32.0 Å². The van der Waals surface area contributed by atoms with Gasteiger partial charge in [0, 0.05) is 11.3 Å². The van der Waals surface area contributed by atoms with E-state index < -0.39 is 17.8 Å². The van der Waals surface area contributed by atoms with Crippen LogP contribution in [0.1, 0.15) is 47.8 Å². The van der Waals surface area contributed by atoms with Crippen LogP contribution in [0.15, 0.2) is 41.5 Å². The van der Waals surface area contributed by atoms with Crippen LogP contribution in [0.4, 0.5) is 5.69 Å². The number of anilines is 1. The summed E-state index contributed by atoms with van der Waals surface area (Å²) >= 11 is 0. The standard InChI is InChI=1S/C22H25N3O5/c1-4-15-8-7-9-16(5-2)19(15)24-20(26)21(27)25-23-13-14-10-11-18(30-6-3)17(12-14)22(28)29/h7-13H,4-6H2,1-3H3,(H,24,26)(H,25,27)(H,28,29)/p-1/b23-13-. The molecule has 0 radical (unpaired) electrons. The van der Waals surface area contributed by atoms with E-state index in [9.17, 15) is 19.5 Å². The van der Waals surface area contributed by atoms with E-state index in [2.05, 4.69) is 15.8 Å². The van der Waals surface area contributed by atoms with Gasteiger partial charge in [0.15, 0.2) is 0 Å². The predicted molar refractivity (Wildman–Crippen MR) is 112 cm³/mol. The molecule has 2 aromatic carbocycles. The normalized spacial score (nSPS) is 10.6. The fourth-order valence-electron chi connectivity index (χ4n) is 2.86. The molecule has 0 unspecified atom stereocenters. The monoisotopic (exact) mass is 410 g/mol. The molecular formula is C22H24N3O5-. The summed E-state index contributed by atoms with van der Waals surface area (Å²) in [5, 5.41) is 17.6. The summed E-state index contributed by atoms with van der Waals surface area (Å²) < 4.78 is 5.23. The minimum absolute atomic E-state index is 0.131. The maximum Gasteiger partial charge on any atom is 0.329 e. The fourth-order valence-corrected chi connectivity index (χ4v) is 2.86. The number of carboxylic acid groups (broad SMARTS) is 1. The Morgan fingerprint density at radius 2 is 1.70 bits per heavy atom. The van der Waals surface area contributed by atoms with Crippen molar-refractivity contribution in [3.8, 4) is 5.75 Å². The van der Waals surface area contributed by atoms with Crippen LogP contribution < -0.4 is 20.6 Å². The molecule has 158 valence electrons. The first-order valence-electron chi connectivity index (χ1n) is 9.64. The van der Waals surface area contributed by atoms with Crippen LogP contribution >= 0.6 is 0 Å². The number of para-hydroxylation sites is 1. The molecule has 0 fully saturated rings. The molecule has 8 nitrogen and oxygen atoms in total. The Morgan fingerprint density at radius 1 is 1.03 bits per heavy atom. The summed E-state index contributed by atoms with van der Waals surface area (Å²) in [6.07, 6.45) is 2.65. The Kier molecular flexibility index (Phi) is 8.10. The van der Waals surface area contributed by atoms with Gasteiger partial charge in [0.1, 0.15) is 5.75 Å². The smallest absolute Gasteiger partial charge is 0.329 e. The Labute approximate surface area is 174 Å². The van der Waals surface area contributed by atoms with E-state index in [1.165, 1.54) is 18.3 Å². The highest BCUT2D eigenvalue weighted by Gasteiger charge is 2.16. The first-order chi connectivity index (χ1) is 14.4. The number of benzene rings is 2. The van der Waals surface area contributed by atoms with Gasteiger partial charge in [0.25, 0.3) is 0 Å². The Balaban J connectivity index is 2.07. The van der Waals surface area contributed by atoms with Crippen molar-refractivity contribution in [3.63, 3.8) is 0 Å². The number of ether oxygens (including phenoxy) is 1. The molecule has 0 heterocycles. The van der Waals surface area contributed by atoms with Crippen LogP contribution in [0.3, 0.4) is 0 Å². The Bertz CT molecular complexity index is 947. The topological polar surface area (TPSA) is 120 Å². The lowest BCUT2D eigenvalue weighted by molar-refractivity contribution is -0.255. The van der Waals surface area contributed by atoms with Gasteiger partial charge >= 0.3 is 11.8 Å². The highest BCUT2D eigenvalue weighted by atomic mass is 16.5. The van der Waals surface area contributed by atoms with Crippen molar-refractivity contribution in [1.29, 1.82) is 0 Å². The molecule has 8 heteroatoms. The van der Waals surface area contributed by atoms with Crippen LogP contribution in [0.25, 0.3) is 0 Å². The molecule has 0 atom stereocenters. The number of hydrazone groups is 1. The third-order valence-corrected chi connectivity index (χ3v) is 4.35. The summed E-state index contributed by atoms with van der Waals surface area (Å²) in [4.78, 5) is 35.6. The number of carbonyl (C=O) groups is 3. The zero-order valence-corrected chi connectivity index (χ0v) is 17.2. The summed E-state index contributed by atoms with van der Waals surface area (Å²) in [5.74, 6) is -2.99. The zero-order chi connectivity index (χ0) is 22.1. The lowest BCUT2D eigenvalue weighted by atomic mass is 10.0. The fraction of sp³-hybridized carbons (Fsp3) is 0.273. The lowest BCUT2D eigenvalue weighted by Crippen LogP contribution is -2.33. The van der Waals surface area contributed by atoms with Crippen molar-refractivity contribution in [2.24, 2.45) is 5.10 Å². The summed E-state index contributed by atoms with van der Waals surface area (Å²) in [7, 11) is 0. The number of carboxylic acids is 1. The number of nitrogens with zero attached hydrogens (tertiary/aromatic N) is 1. The van der Waals surface area contributed by atoms with E-state index >= 15 is 0 Å². The number of carbonyl (C=O) groups excluding carboxylic acids is 3. The highest BCUT2D eigenvalue weighted by Crippen LogP contribution is 2.22. The number of hydrogen-bond acceptors (Lipinski definition) is 6. The van der Waals surface area contributed by atoms with Crippen molar-refractivity contribution >= 4 is 29.7 Å². The summed E-state index contributed by atoms with van der Waals surface area (Å²) in [5.41, 5.74) is 4.90. The van der Waals surface area contributed by atoms with Gasteiger partial charge < -0.3 is 20.0 Å². The van der Waals surface area contributed by atoms with Crippen LogP contribution in [0.2, 0.25) is 0 Å². The number of amides is 2. The summed E-state index contributed by atoms with van der Waals surface area (Å²) in [6.45, 7) is 5.97. The first kappa shape index (κ1) is 22.6. The van der Waals surface area contributed by atoms with Gasteiger partial charge in [0.05, 0.1) is 18.8 Å². The van der Waals surface area contributed by atoms with E-state index in [1.54, 1.807) is 13.0 Å².